The first kappa shape index (κ1) is 17.7. The second-order valence-corrected chi connectivity index (χ2v) is 6.52. The van der Waals surface area contributed by atoms with Gasteiger partial charge in [0.25, 0.3) is 11.2 Å². The third-order valence-corrected chi connectivity index (χ3v) is 4.53. The fourth-order valence-electron chi connectivity index (χ4n) is 3.05. The standard InChI is InChI=1S/C20H12ClN3O4/c21-12-8-15-19(17(9-12)24(27)28)23-20(26)16(22-15)10-18(25)14-7-3-5-11-4-1-2-6-13(11)14/h1-10,25H,(H,23,26). The van der Waals surface area contributed by atoms with Crippen LogP contribution < -0.4 is 5.56 Å². The Morgan fingerprint density at radius 3 is 2.71 bits per heavy atom. The summed E-state index contributed by atoms with van der Waals surface area (Å²) < 4.78 is 0. The van der Waals surface area contributed by atoms with Crippen LogP contribution in [0.15, 0.2) is 59.4 Å². The van der Waals surface area contributed by atoms with Gasteiger partial charge in [0.05, 0.1) is 10.4 Å². The molecule has 4 aromatic rings. The number of hydrogen-bond acceptors (Lipinski definition) is 5. The molecule has 28 heavy (non-hydrogen) atoms. The number of hydrogen-bond donors (Lipinski definition) is 2. The Morgan fingerprint density at radius 2 is 1.93 bits per heavy atom. The van der Waals surface area contributed by atoms with Gasteiger partial charge in [-0.25, -0.2) is 4.98 Å². The zero-order valence-corrected chi connectivity index (χ0v) is 15.0. The summed E-state index contributed by atoms with van der Waals surface area (Å²) in [4.78, 5) is 29.6. The number of nitrogens with one attached hydrogen (secondary N) is 1. The Bertz CT molecular complexity index is 1340. The number of rotatable bonds is 3. The van der Waals surface area contributed by atoms with Crippen LogP contribution in [0.1, 0.15) is 11.3 Å². The van der Waals surface area contributed by atoms with Gasteiger partial charge in [0, 0.05) is 22.7 Å². The van der Waals surface area contributed by atoms with Gasteiger partial charge in [-0.2, -0.15) is 0 Å². The highest BCUT2D eigenvalue weighted by molar-refractivity contribution is 6.31. The number of nitrogens with zero attached hydrogens (tertiary/aromatic N) is 2. The predicted molar refractivity (Wildman–Crippen MR) is 108 cm³/mol. The lowest BCUT2D eigenvalue weighted by atomic mass is 10.0. The minimum atomic E-state index is -0.662. The largest absolute Gasteiger partial charge is 0.507 e. The molecule has 0 aliphatic heterocycles. The van der Waals surface area contributed by atoms with Crippen molar-refractivity contribution in [1.29, 1.82) is 0 Å². The van der Waals surface area contributed by atoms with Gasteiger partial charge in [0.15, 0.2) is 0 Å². The molecule has 0 amide bonds. The monoisotopic (exact) mass is 393 g/mol. The average Bonchev–Trinajstić information content (AvgIpc) is 2.67. The van der Waals surface area contributed by atoms with Crippen molar-refractivity contribution >= 4 is 50.9 Å². The Balaban J connectivity index is 1.90. The van der Waals surface area contributed by atoms with E-state index in [1.807, 2.05) is 30.3 Å². The Hall–Kier alpha value is -3.71. The summed E-state index contributed by atoms with van der Waals surface area (Å²) >= 11 is 5.93. The Morgan fingerprint density at radius 1 is 1.18 bits per heavy atom. The summed E-state index contributed by atoms with van der Waals surface area (Å²) in [6.07, 6.45) is 1.23. The van der Waals surface area contributed by atoms with E-state index in [2.05, 4.69) is 9.97 Å². The van der Waals surface area contributed by atoms with Gasteiger partial charge < -0.3 is 10.1 Å². The highest BCUT2D eigenvalue weighted by Gasteiger charge is 2.17. The van der Waals surface area contributed by atoms with Gasteiger partial charge >= 0.3 is 0 Å². The molecule has 1 aromatic heterocycles. The molecule has 0 bridgehead atoms. The Labute approximate surface area is 162 Å². The van der Waals surface area contributed by atoms with Crippen molar-refractivity contribution in [3.63, 3.8) is 0 Å². The summed E-state index contributed by atoms with van der Waals surface area (Å²) in [5.74, 6) is -0.148. The molecule has 0 radical (unpaired) electrons. The van der Waals surface area contributed by atoms with Crippen molar-refractivity contribution in [2.24, 2.45) is 0 Å². The SMILES string of the molecule is O=c1[nH]c2c([N+](=O)[O-])cc(Cl)cc2nc1C=C(O)c1cccc2ccccc12. The number of aromatic nitrogens is 2. The molecule has 2 N–H and O–H groups in total. The predicted octanol–water partition coefficient (Wildman–Crippen LogP) is 4.69. The normalized spacial score (nSPS) is 11.8. The lowest BCUT2D eigenvalue weighted by Gasteiger charge is -2.06. The van der Waals surface area contributed by atoms with Crippen LogP contribution >= 0.6 is 11.6 Å². The lowest BCUT2D eigenvalue weighted by molar-refractivity contribution is -0.383. The molecule has 0 fully saturated rings. The van der Waals surface area contributed by atoms with Crippen LogP contribution in [0, 0.1) is 10.1 Å². The number of aliphatic hydroxyl groups is 1. The number of benzene rings is 3. The minimum absolute atomic E-state index is 0.0267. The van der Waals surface area contributed by atoms with Gasteiger partial charge in [-0.3, -0.25) is 14.9 Å². The fourth-order valence-corrected chi connectivity index (χ4v) is 3.26. The zero-order valence-electron chi connectivity index (χ0n) is 14.2. The maximum Gasteiger partial charge on any atom is 0.296 e. The smallest absolute Gasteiger partial charge is 0.296 e. The average molecular weight is 394 g/mol. The lowest BCUT2D eigenvalue weighted by Crippen LogP contribution is -2.13. The van der Waals surface area contributed by atoms with E-state index in [-0.39, 0.29) is 33.2 Å². The molecule has 8 heteroatoms. The maximum atomic E-state index is 12.4. The fraction of sp³-hybridized carbons (Fsp3) is 0. The maximum absolute atomic E-state index is 12.4. The quantitative estimate of drug-likeness (QED) is 0.298. The van der Waals surface area contributed by atoms with E-state index >= 15 is 0 Å². The summed E-state index contributed by atoms with van der Waals surface area (Å²) in [6.45, 7) is 0. The molecule has 0 atom stereocenters. The second kappa shape index (κ2) is 6.79. The molecule has 138 valence electrons. The molecule has 4 rings (SSSR count). The number of non-ortho nitro benzene ring substituents is 1. The van der Waals surface area contributed by atoms with Gasteiger partial charge in [-0.15, -0.1) is 0 Å². The van der Waals surface area contributed by atoms with Crippen LogP contribution in [0.3, 0.4) is 0 Å². The first-order valence-corrected chi connectivity index (χ1v) is 8.58. The van der Waals surface area contributed by atoms with Crippen LogP contribution in [0.2, 0.25) is 5.02 Å². The molecular weight excluding hydrogens is 382 g/mol. The summed E-state index contributed by atoms with van der Waals surface area (Å²) in [5, 5.41) is 23.7. The molecule has 3 aromatic carbocycles. The van der Waals surface area contributed by atoms with Crippen LogP contribution in [-0.2, 0) is 0 Å². The van der Waals surface area contributed by atoms with Crippen LogP contribution in [0.5, 0.6) is 0 Å². The number of H-pyrrole nitrogens is 1. The number of aromatic amines is 1. The van der Waals surface area contributed by atoms with Crippen molar-refractivity contribution in [2.75, 3.05) is 0 Å². The zero-order chi connectivity index (χ0) is 19.8. The molecule has 7 nitrogen and oxygen atoms in total. The second-order valence-electron chi connectivity index (χ2n) is 6.08. The van der Waals surface area contributed by atoms with E-state index in [4.69, 9.17) is 11.6 Å². The molecule has 0 aliphatic carbocycles. The molecule has 0 spiro atoms. The van der Waals surface area contributed by atoms with Crippen LogP contribution in [-0.4, -0.2) is 20.0 Å². The Kier molecular flexibility index (Phi) is 4.29. The van der Waals surface area contributed by atoms with Gasteiger partial charge in [0.1, 0.15) is 17.0 Å². The van der Waals surface area contributed by atoms with E-state index in [1.54, 1.807) is 12.1 Å². The van der Waals surface area contributed by atoms with Crippen molar-refractivity contribution in [1.82, 2.24) is 9.97 Å². The number of aliphatic hydroxyl groups excluding tert-OH is 1. The van der Waals surface area contributed by atoms with Crippen molar-refractivity contribution in [2.45, 2.75) is 0 Å². The van der Waals surface area contributed by atoms with Crippen molar-refractivity contribution in [3.05, 3.63) is 91.3 Å². The number of fused-ring (bicyclic) bond motifs is 2. The molecule has 0 saturated carbocycles. The van der Waals surface area contributed by atoms with Gasteiger partial charge in [0.2, 0.25) is 0 Å². The summed E-state index contributed by atoms with van der Waals surface area (Å²) in [6, 6.07) is 15.5. The minimum Gasteiger partial charge on any atom is -0.507 e. The first-order chi connectivity index (χ1) is 13.4. The topological polar surface area (TPSA) is 109 Å². The molecule has 0 saturated heterocycles. The summed E-state index contributed by atoms with van der Waals surface area (Å²) in [5.41, 5.74) is -0.437. The highest BCUT2D eigenvalue weighted by atomic mass is 35.5. The van der Waals surface area contributed by atoms with Gasteiger partial charge in [-0.05, 0) is 16.8 Å². The number of halogens is 1. The third kappa shape index (κ3) is 3.08. The first-order valence-electron chi connectivity index (χ1n) is 8.21. The molecule has 1 heterocycles. The van der Waals surface area contributed by atoms with E-state index in [0.717, 1.165) is 16.8 Å². The molecule has 0 unspecified atom stereocenters. The van der Waals surface area contributed by atoms with Gasteiger partial charge in [-0.1, -0.05) is 54.1 Å². The van der Waals surface area contributed by atoms with E-state index in [1.165, 1.54) is 12.1 Å². The number of nitro groups is 1. The van der Waals surface area contributed by atoms with E-state index < -0.39 is 10.5 Å². The van der Waals surface area contributed by atoms with Crippen LogP contribution in [0.25, 0.3) is 33.6 Å². The third-order valence-electron chi connectivity index (χ3n) is 4.31. The highest BCUT2D eigenvalue weighted by Crippen LogP contribution is 2.28. The summed E-state index contributed by atoms with van der Waals surface area (Å²) in [7, 11) is 0. The van der Waals surface area contributed by atoms with E-state index in [0.29, 0.717) is 5.56 Å². The molecular formula is C20H12ClN3O4. The number of nitro benzene ring substituents is 1. The van der Waals surface area contributed by atoms with E-state index in [9.17, 15) is 20.0 Å². The van der Waals surface area contributed by atoms with Crippen LogP contribution in [0.4, 0.5) is 5.69 Å². The molecule has 0 aliphatic rings. The van der Waals surface area contributed by atoms with Crippen molar-refractivity contribution in [3.8, 4) is 0 Å². The van der Waals surface area contributed by atoms with Crippen molar-refractivity contribution < 1.29 is 10.0 Å².